The molecule has 2 heteroatoms. The van der Waals surface area contributed by atoms with E-state index in [0.717, 1.165) is 24.0 Å². The van der Waals surface area contributed by atoms with Crippen molar-refractivity contribution in [3.63, 3.8) is 0 Å². The van der Waals surface area contributed by atoms with E-state index in [2.05, 4.69) is 38.1 Å². The lowest BCUT2D eigenvalue weighted by Crippen LogP contribution is -2.63. The van der Waals surface area contributed by atoms with Crippen molar-refractivity contribution >= 4 is 0 Å². The normalized spacial score (nSPS) is 12.4. The van der Waals surface area contributed by atoms with Gasteiger partial charge in [-0.3, -0.25) is 0 Å². The molecule has 0 aliphatic rings. The van der Waals surface area contributed by atoms with Crippen LogP contribution in [0.5, 0.6) is 0 Å². The van der Waals surface area contributed by atoms with Crippen LogP contribution in [0.4, 0.5) is 0 Å². The molecule has 106 valence electrons. The number of rotatable bonds is 5. The van der Waals surface area contributed by atoms with E-state index in [4.69, 9.17) is 11.5 Å². The number of nitrogens with two attached hydrogens (primary N) is 2. The van der Waals surface area contributed by atoms with Crippen LogP contribution in [0.1, 0.15) is 37.8 Å². The summed E-state index contributed by atoms with van der Waals surface area (Å²) in [6.07, 6.45) is 1.65. The molecule has 0 radical (unpaired) electrons. The summed E-state index contributed by atoms with van der Waals surface area (Å²) in [5.74, 6) is 0. The number of hydrogen-bond donors (Lipinski definition) is 2. The highest BCUT2D eigenvalue weighted by molar-refractivity contribution is 5.42. The fraction of sp³-hybridized carbons (Fsp3) is 0.333. The first-order valence-corrected chi connectivity index (χ1v) is 7.27. The van der Waals surface area contributed by atoms with Crippen molar-refractivity contribution in [2.75, 3.05) is 0 Å². The zero-order valence-corrected chi connectivity index (χ0v) is 12.3. The van der Waals surface area contributed by atoms with Crippen LogP contribution >= 0.6 is 0 Å². The van der Waals surface area contributed by atoms with Crippen molar-refractivity contribution in [3.05, 3.63) is 71.8 Å². The molecule has 0 atom stereocenters. The third-order valence-electron chi connectivity index (χ3n) is 4.51. The average Bonchev–Trinajstić information content (AvgIpc) is 2.54. The molecule has 0 spiro atoms. The van der Waals surface area contributed by atoms with Crippen molar-refractivity contribution in [1.82, 2.24) is 0 Å². The molecule has 2 rings (SSSR count). The van der Waals surface area contributed by atoms with E-state index < -0.39 is 11.1 Å². The van der Waals surface area contributed by atoms with Crippen LogP contribution < -0.4 is 11.5 Å². The molecule has 20 heavy (non-hydrogen) atoms. The highest BCUT2D eigenvalue weighted by Crippen LogP contribution is 2.39. The Kier molecular flexibility index (Phi) is 4.26. The maximum absolute atomic E-state index is 6.92. The summed E-state index contributed by atoms with van der Waals surface area (Å²) in [6.45, 7) is 4.22. The van der Waals surface area contributed by atoms with E-state index >= 15 is 0 Å². The second-order valence-electron chi connectivity index (χ2n) is 5.40. The lowest BCUT2D eigenvalue weighted by Gasteiger charge is -2.46. The van der Waals surface area contributed by atoms with Crippen molar-refractivity contribution in [3.8, 4) is 0 Å². The van der Waals surface area contributed by atoms with E-state index in [0.29, 0.717) is 0 Å². The van der Waals surface area contributed by atoms with Gasteiger partial charge in [-0.15, -0.1) is 0 Å². The molecule has 0 amide bonds. The molecule has 0 bridgehead atoms. The molecule has 2 nitrogen and oxygen atoms in total. The highest BCUT2D eigenvalue weighted by atomic mass is 14.9. The second kappa shape index (κ2) is 5.78. The molecule has 0 saturated carbocycles. The van der Waals surface area contributed by atoms with Gasteiger partial charge in [0.25, 0.3) is 0 Å². The Bertz CT molecular complexity index is 490. The maximum Gasteiger partial charge on any atom is 0.0847 e. The molecule has 0 aromatic heterocycles. The van der Waals surface area contributed by atoms with Gasteiger partial charge >= 0.3 is 0 Å². The lowest BCUT2D eigenvalue weighted by atomic mass is 9.66. The Morgan fingerprint density at radius 3 is 1.35 bits per heavy atom. The Balaban J connectivity index is 2.67. The van der Waals surface area contributed by atoms with Gasteiger partial charge in [0.05, 0.1) is 5.54 Å². The van der Waals surface area contributed by atoms with E-state index in [1.807, 2.05) is 36.4 Å². The average molecular weight is 268 g/mol. The predicted molar refractivity (Wildman–Crippen MR) is 85.4 cm³/mol. The molecule has 4 N–H and O–H groups in total. The predicted octanol–water partition coefficient (Wildman–Crippen LogP) is 3.41. The summed E-state index contributed by atoms with van der Waals surface area (Å²) in [5.41, 5.74) is 14.6. The van der Waals surface area contributed by atoms with Crippen molar-refractivity contribution in [1.29, 1.82) is 0 Å². The van der Waals surface area contributed by atoms with Gasteiger partial charge in [0.1, 0.15) is 0 Å². The highest BCUT2D eigenvalue weighted by Gasteiger charge is 2.46. The molecule has 0 aliphatic heterocycles. The number of benzene rings is 2. The molecule has 0 heterocycles. The second-order valence-corrected chi connectivity index (χ2v) is 5.40. The van der Waals surface area contributed by atoms with Crippen molar-refractivity contribution in [2.24, 2.45) is 11.5 Å². The quantitative estimate of drug-likeness (QED) is 0.873. The molecule has 0 unspecified atom stereocenters. The Hall–Kier alpha value is -1.64. The summed E-state index contributed by atoms with van der Waals surface area (Å²) < 4.78 is 0. The van der Waals surface area contributed by atoms with Crippen molar-refractivity contribution < 1.29 is 0 Å². The van der Waals surface area contributed by atoms with Gasteiger partial charge in [-0.1, -0.05) is 74.5 Å². The Morgan fingerprint density at radius 2 is 1.05 bits per heavy atom. The monoisotopic (exact) mass is 268 g/mol. The maximum atomic E-state index is 6.92. The van der Waals surface area contributed by atoms with Crippen molar-refractivity contribution in [2.45, 2.75) is 37.8 Å². The zero-order chi connectivity index (χ0) is 14.6. The topological polar surface area (TPSA) is 52.0 Å². The number of hydrogen-bond acceptors (Lipinski definition) is 2. The van der Waals surface area contributed by atoms with E-state index in [-0.39, 0.29) is 0 Å². The van der Waals surface area contributed by atoms with Crippen LogP contribution in [0, 0.1) is 0 Å². The molecule has 2 aromatic rings. The third-order valence-corrected chi connectivity index (χ3v) is 4.51. The Morgan fingerprint density at radius 1 is 0.700 bits per heavy atom. The fourth-order valence-electron chi connectivity index (χ4n) is 2.95. The third kappa shape index (κ3) is 2.26. The minimum Gasteiger partial charge on any atom is -0.323 e. The Labute approximate surface area is 121 Å². The zero-order valence-electron chi connectivity index (χ0n) is 12.3. The largest absolute Gasteiger partial charge is 0.323 e. The van der Waals surface area contributed by atoms with Gasteiger partial charge in [-0.2, -0.15) is 0 Å². The van der Waals surface area contributed by atoms with Gasteiger partial charge < -0.3 is 11.5 Å². The summed E-state index contributed by atoms with van der Waals surface area (Å²) in [6, 6.07) is 20.4. The molecule has 0 fully saturated rings. The van der Waals surface area contributed by atoms with Crippen LogP contribution in [-0.2, 0) is 5.54 Å². The van der Waals surface area contributed by atoms with Gasteiger partial charge in [-0.05, 0) is 24.0 Å². The molecule has 2 aromatic carbocycles. The van der Waals surface area contributed by atoms with Crippen LogP contribution in [0.2, 0.25) is 0 Å². The van der Waals surface area contributed by atoms with Crippen LogP contribution in [0.3, 0.4) is 0 Å². The van der Waals surface area contributed by atoms with Gasteiger partial charge in [0, 0.05) is 5.54 Å². The summed E-state index contributed by atoms with van der Waals surface area (Å²) in [4.78, 5) is 0. The first-order valence-electron chi connectivity index (χ1n) is 7.27. The molecule has 0 aliphatic carbocycles. The van der Waals surface area contributed by atoms with E-state index in [9.17, 15) is 0 Å². The molecule has 0 saturated heterocycles. The van der Waals surface area contributed by atoms with Crippen LogP contribution in [0.15, 0.2) is 60.7 Å². The first kappa shape index (κ1) is 14.8. The minimum absolute atomic E-state index is 0.476. The smallest absolute Gasteiger partial charge is 0.0847 e. The van der Waals surface area contributed by atoms with Crippen LogP contribution in [-0.4, -0.2) is 5.54 Å². The van der Waals surface area contributed by atoms with E-state index in [1.54, 1.807) is 0 Å². The first-order chi connectivity index (χ1) is 9.58. The summed E-state index contributed by atoms with van der Waals surface area (Å²) in [5, 5.41) is 0. The summed E-state index contributed by atoms with van der Waals surface area (Å²) >= 11 is 0. The standard InChI is InChI=1S/C18H24N2/c1-3-17(19,4-2)18(20,15-11-7-5-8-12-15)16-13-9-6-10-14-16/h5-14H,3-4,19-20H2,1-2H3. The lowest BCUT2D eigenvalue weighted by molar-refractivity contribution is 0.245. The molecular weight excluding hydrogens is 244 g/mol. The SMILES string of the molecule is CCC(N)(CC)C(N)(c1ccccc1)c1ccccc1. The van der Waals surface area contributed by atoms with Crippen LogP contribution in [0.25, 0.3) is 0 Å². The van der Waals surface area contributed by atoms with Gasteiger partial charge in [0.15, 0.2) is 0 Å². The van der Waals surface area contributed by atoms with Gasteiger partial charge in [0.2, 0.25) is 0 Å². The molecular formula is C18H24N2. The van der Waals surface area contributed by atoms with E-state index in [1.165, 1.54) is 0 Å². The minimum atomic E-state index is -0.682. The summed E-state index contributed by atoms with van der Waals surface area (Å²) in [7, 11) is 0. The van der Waals surface area contributed by atoms with Gasteiger partial charge in [-0.25, -0.2) is 0 Å². The fourth-order valence-corrected chi connectivity index (χ4v) is 2.95.